The highest BCUT2D eigenvalue weighted by atomic mass is 16.5. The van der Waals surface area contributed by atoms with Crippen molar-refractivity contribution in [2.24, 2.45) is 5.73 Å². The van der Waals surface area contributed by atoms with Gasteiger partial charge in [-0.25, -0.2) is 4.98 Å². The summed E-state index contributed by atoms with van der Waals surface area (Å²) < 4.78 is 11.4. The number of nitrogens with one attached hydrogen (secondary N) is 1. The molecule has 4 rings (SSSR count). The molecule has 0 atom stereocenters. The van der Waals surface area contributed by atoms with Crippen LogP contribution in [0.4, 0.5) is 5.69 Å². The molecule has 0 aliphatic rings. The summed E-state index contributed by atoms with van der Waals surface area (Å²) in [7, 11) is 0. The average Bonchev–Trinajstić information content (AvgIpc) is 2.85. The van der Waals surface area contributed by atoms with Gasteiger partial charge in [-0.15, -0.1) is 0 Å². The van der Waals surface area contributed by atoms with Crippen LogP contribution in [0.2, 0.25) is 0 Å². The van der Waals surface area contributed by atoms with Gasteiger partial charge in [-0.3, -0.25) is 9.59 Å². The lowest BCUT2D eigenvalue weighted by atomic mass is 10.0. The van der Waals surface area contributed by atoms with Crippen LogP contribution in [0, 0.1) is 0 Å². The van der Waals surface area contributed by atoms with E-state index in [1.54, 1.807) is 30.3 Å². The number of rotatable bonds is 9. The number of nitrogens with zero attached hydrogens (tertiary/aromatic N) is 1. The summed E-state index contributed by atoms with van der Waals surface area (Å²) in [4.78, 5) is 27.9. The summed E-state index contributed by atoms with van der Waals surface area (Å²) in [6, 6.07) is 27.5. The van der Waals surface area contributed by atoms with Crippen molar-refractivity contribution in [1.29, 1.82) is 0 Å². The van der Waals surface area contributed by atoms with Crippen LogP contribution in [-0.2, 0) is 11.2 Å². The Bertz CT molecular complexity index is 1270. The van der Waals surface area contributed by atoms with Crippen molar-refractivity contribution in [3.8, 4) is 17.4 Å². The first-order valence-corrected chi connectivity index (χ1v) is 10.6. The summed E-state index contributed by atoms with van der Waals surface area (Å²) in [5, 5.41) is 2.75. The molecular formula is C27H23N3O4. The Morgan fingerprint density at radius 2 is 1.68 bits per heavy atom. The zero-order chi connectivity index (χ0) is 23.8. The Morgan fingerprint density at radius 1 is 0.882 bits per heavy atom. The molecule has 3 N–H and O–H groups in total. The lowest BCUT2D eigenvalue weighted by Crippen LogP contribution is -2.20. The topological polar surface area (TPSA) is 104 Å². The van der Waals surface area contributed by atoms with Gasteiger partial charge in [0.15, 0.2) is 6.61 Å². The fraction of sp³-hybridized carbons (Fsp3) is 0.0741. The normalized spacial score (nSPS) is 10.4. The quantitative estimate of drug-likeness (QED) is 0.386. The number of aromatic nitrogens is 1. The maximum Gasteiger partial charge on any atom is 0.262 e. The Hall–Kier alpha value is -4.65. The molecule has 0 bridgehead atoms. The van der Waals surface area contributed by atoms with E-state index in [0.29, 0.717) is 35.1 Å². The predicted molar refractivity (Wildman–Crippen MR) is 129 cm³/mol. The van der Waals surface area contributed by atoms with E-state index < -0.39 is 5.91 Å². The van der Waals surface area contributed by atoms with E-state index in [2.05, 4.69) is 22.4 Å². The second-order valence-electron chi connectivity index (χ2n) is 7.49. The molecule has 0 aliphatic heterocycles. The molecule has 0 saturated carbocycles. The minimum absolute atomic E-state index is 0.135. The van der Waals surface area contributed by atoms with Gasteiger partial charge in [-0.05, 0) is 41.5 Å². The molecule has 0 aliphatic carbocycles. The molecule has 0 spiro atoms. The Labute approximate surface area is 197 Å². The van der Waals surface area contributed by atoms with E-state index in [0.717, 1.165) is 11.1 Å². The van der Waals surface area contributed by atoms with Gasteiger partial charge >= 0.3 is 0 Å². The first kappa shape index (κ1) is 22.5. The van der Waals surface area contributed by atoms with Crippen molar-refractivity contribution in [2.75, 3.05) is 11.9 Å². The van der Waals surface area contributed by atoms with Crippen molar-refractivity contribution >= 4 is 17.5 Å². The van der Waals surface area contributed by atoms with Crippen molar-refractivity contribution in [3.63, 3.8) is 0 Å². The van der Waals surface area contributed by atoms with Crippen LogP contribution in [0.3, 0.4) is 0 Å². The molecular weight excluding hydrogens is 430 g/mol. The van der Waals surface area contributed by atoms with Crippen LogP contribution in [0.25, 0.3) is 0 Å². The van der Waals surface area contributed by atoms with Gasteiger partial charge in [0, 0.05) is 18.1 Å². The average molecular weight is 453 g/mol. The number of pyridine rings is 1. The molecule has 0 unspecified atom stereocenters. The third-order valence-corrected chi connectivity index (χ3v) is 4.93. The molecule has 0 saturated heterocycles. The van der Waals surface area contributed by atoms with Gasteiger partial charge in [0.1, 0.15) is 11.5 Å². The highest BCUT2D eigenvalue weighted by Crippen LogP contribution is 2.23. The van der Waals surface area contributed by atoms with E-state index in [1.807, 2.05) is 42.5 Å². The number of ether oxygens (including phenoxy) is 2. The van der Waals surface area contributed by atoms with Gasteiger partial charge in [0.05, 0.1) is 11.9 Å². The summed E-state index contributed by atoms with van der Waals surface area (Å²) in [6.45, 7) is -0.135. The molecule has 3 aromatic carbocycles. The fourth-order valence-electron chi connectivity index (χ4n) is 3.30. The Balaban J connectivity index is 1.32. The van der Waals surface area contributed by atoms with Crippen molar-refractivity contribution in [2.45, 2.75) is 6.42 Å². The molecule has 7 heteroatoms. The maximum absolute atomic E-state index is 12.4. The number of para-hydroxylation sites is 1. The predicted octanol–water partition coefficient (Wildman–Crippen LogP) is 4.58. The molecule has 4 aromatic rings. The van der Waals surface area contributed by atoms with E-state index in [4.69, 9.17) is 15.2 Å². The third kappa shape index (κ3) is 6.20. The minimum atomic E-state index is -0.540. The molecule has 170 valence electrons. The first-order chi connectivity index (χ1) is 16.6. The summed E-state index contributed by atoms with van der Waals surface area (Å²) in [6.07, 6.45) is 2.20. The van der Waals surface area contributed by atoms with Crippen LogP contribution in [-0.4, -0.2) is 23.4 Å². The fourth-order valence-corrected chi connectivity index (χ4v) is 3.30. The van der Waals surface area contributed by atoms with E-state index >= 15 is 0 Å². The SMILES string of the molecule is NC(=O)c1cccc(Oc2ccc(NC(=O)COc3ccccc3Cc3ccccc3)cn2)c1. The van der Waals surface area contributed by atoms with Gasteiger partial charge in [-0.1, -0.05) is 54.6 Å². The van der Waals surface area contributed by atoms with Crippen molar-refractivity contribution in [3.05, 3.63) is 114 Å². The minimum Gasteiger partial charge on any atom is -0.483 e. The number of nitrogens with two attached hydrogens (primary N) is 1. The zero-order valence-corrected chi connectivity index (χ0v) is 18.3. The zero-order valence-electron chi connectivity index (χ0n) is 18.3. The van der Waals surface area contributed by atoms with Gasteiger partial charge < -0.3 is 20.5 Å². The van der Waals surface area contributed by atoms with Gasteiger partial charge in [-0.2, -0.15) is 0 Å². The smallest absolute Gasteiger partial charge is 0.262 e. The maximum atomic E-state index is 12.4. The summed E-state index contributed by atoms with van der Waals surface area (Å²) >= 11 is 0. The third-order valence-electron chi connectivity index (χ3n) is 4.93. The van der Waals surface area contributed by atoms with Crippen molar-refractivity contribution in [1.82, 2.24) is 4.98 Å². The van der Waals surface area contributed by atoms with Crippen LogP contribution < -0.4 is 20.5 Å². The van der Waals surface area contributed by atoms with Crippen LogP contribution in [0.1, 0.15) is 21.5 Å². The summed E-state index contributed by atoms with van der Waals surface area (Å²) in [5.41, 5.74) is 8.30. The number of carbonyl (C=O) groups is 2. The Morgan fingerprint density at radius 3 is 2.44 bits per heavy atom. The molecule has 0 fully saturated rings. The van der Waals surface area contributed by atoms with Crippen LogP contribution in [0.15, 0.2) is 97.2 Å². The van der Waals surface area contributed by atoms with Gasteiger partial charge in [0.25, 0.3) is 5.91 Å². The number of hydrogen-bond donors (Lipinski definition) is 2. The molecule has 1 aromatic heterocycles. The van der Waals surface area contributed by atoms with Crippen LogP contribution in [0.5, 0.6) is 17.4 Å². The number of hydrogen-bond acceptors (Lipinski definition) is 5. The van der Waals surface area contributed by atoms with E-state index in [-0.39, 0.29) is 12.5 Å². The van der Waals surface area contributed by atoms with Crippen molar-refractivity contribution < 1.29 is 19.1 Å². The number of anilines is 1. The number of primary amides is 1. The molecule has 2 amide bonds. The highest BCUT2D eigenvalue weighted by Gasteiger charge is 2.09. The largest absolute Gasteiger partial charge is 0.483 e. The monoisotopic (exact) mass is 453 g/mol. The van der Waals surface area contributed by atoms with E-state index in [1.165, 1.54) is 12.3 Å². The van der Waals surface area contributed by atoms with Crippen LogP contribution >= 0.6 is 0 Å². The number of amides is 2. The lowest BCUT2D eigenvalue weighted by molar-refractivity contribution is -0.118. The molecule has 1 heterocycles. The second-order valence-corrected chi connectivity index (χ2v) is 7.49. The molecule has 34 heavy (non-hydrogen) atoms. The second kappa shape index (κ2) is 10.8. The molecule has 7 nitrogen and oxygen atoms in total. The lowest BCUT2D eigenvalue weighted by Gasteiger charge is -2.12. The van der Waals surface area contributed by atoms with E-state index in [9.17, 15) is 9.59 Å². The first-order valence-electron chi connectivity index (χ1n) is 10.6. The molecule has 0 radical (unpaired) electrons. The van der Waals surface area contributed by atoms with Gasteiger partial charge in [0.2, 0.25) is 11.8 Å². The summed E-state index contributed by atoms with van der Waals surface area (Å²) in [5.74, 6) is 0.566. The highest BCUT2D eigenvalue weighted by molar-refractivity contribution is 5.93. The number of carbonyl (C=O) groups excluding carboxylic acids is 2. The Kier molecular flexibility index (Phi) is 7.15. The standard InChI is InChI=1S/C27H23N3O4/c28-27(32)21-10-6-11-23(16-21)34-26-14-13-22(17-29-26)30-25(31)18-33-24-12-5-4-9-20(24)15-19-7-2-1-3-8-19/h1-14,16-17H,15,18H2,(H2,28,32)(H,30,31). The number of benzene rings is 3.